The van der Waals surface area contributed by atoms with Gasteiger partial charge in [0, 0.05) is 29.4 Å². The Labute approximate surface area is 262 Å². The normalized spacial score (nSPS) is 20.8. The third-order valence-corrected chi connectivity index (χ3v) is 8.58. The number of carbonyl (C=O) groups excluding carboxylic acids is 3. The largest absolute Gasteiger partial charge is 0.490 e. The van der Waals surface area contributed by atoms with Crippen LogP contribution >= 0.6 is 34.7 Å². The van der Waals surface area contributed by atoms with Crippen LogP contribution in [0.15, 0.2) is 51.8 Å². The highest BCUT2D eigenvalue weighted by Crippen LogP contribution is 2.41. The highest BCUT2D eigenvalue weighted by atomic mass is 35.5. The quantitative estimate of drug-likeness (QED) is 0.0729. The summed E-state index contributed by atoms with van der Waals surface area (Å²) in [6.45, 7) is 0.345. The van der Waals surface area contributed by atoms with E-state index in [9.17, 15) is 42.7 Å². The fourth-order valence-corrected chi connectivity index (χ4v) is 6.41. The number of nitrogens with zero attached hydrogens (tertiary/aromatic N) is 5. The number of nitrogen functional groups attached to an aromatic ring is 1. The van der Waals surface area contributed by atoms with Gasteiger partial charge >= 0.3 is 18.1 Å². The predicted octanol–water partition coefficient (Wildman–Crippen LogP) is 1.69. The van der Waals surface area contributed by atoms with Crippen molar-refractivity contribution in [2.75, 3.05) is 22.9 Å². The molecule has 0 spiro atoms. The molecule has 21 heteroatoms. The maximum absolute atomic E-state index is 13.0. The summed E-state index contributed by atoms with van der Waals surface area (Å²) in [7, 11) is 0. The van der Waals surface area contributed by atoms with Crippen LogP contribution in [0.1, 0.15) is 12.1 Å². The van der Waals surface area contributed by atoms with E-state index >= 15 is 0 Å². The van der Waals surface area contributed by atoms with Gasteiger partial charge in [0.15, 0.2) is 16.0 Å². The van der Waals surface area contributed by atoms with E-state index in [0.29, 0.717) is 29.8 Å². The fourth-order valence-electron chi connectivity index (χ4n) is 4.34. The maximum atomic E-state index is 13.0. The monoisotopic (exact) mass is 689 g/mol. The number of halogens is 4. The first-order valence-corrected chi connectivity index (χ1v) is 14.5. The number of carboxylic acids is 2. The highest BCUT2D eigenvalue weighted by Gasteiger charge is 2.54. The average molecular weight is 690 g/mol. The number of nitrogens with two attached hydrogens (primary N) is 1. The molecule has 0 aliphatic carbocycles. The molecule has 0 bridgehead atoms. The Balaban J connectivity index is 0.000000591. The van der Waals surface area contributed by atoms with E-state index in [1.54, 1.807) is 12.1 Å². The number of aromatic nitrogens is 2. The third kappa shape index (κ3) is 6.86. The van der Waals surface area contributed by atoms with Crippen molar-refractivity contribution in [2.45, 2.75) is 24.0 Å². The number of aliphatic carboxylic acids is 2. The van der Waals surface area contributed by atoms with Crippen LogP contribution in [-0.2, 0) is 24.0 Å². The van der Waals surface area contributed by atoms with E-state index in [2.05, 4.69) is 20.4 Å². The number of carbonyl (C=O) groups is 5. The zero-order valence-electron chi connectivity index (χ0n) is 22.2. The van der Waals surface area contributed by atoms with Gasteiger partial charge in [-0.15, -0.1) is 23.1 Å². The number of thioether (sulfide) groups is 1. The van der Waals surface area contributed by atoms with Gasteiger partial charge in [-0.25, -0.2) is 19.6 Å². The van der Waals surface area contributed by atoms with E-state index in [4.69, 9.17) is 27.2 Å². The Bertz CT molecular complexity index is 1680. The Morgan fingerprint density at radius 3 is 2.49 bits per heavy atom. The van der Waals surface area contributed by atoms with Crippen molar-refractivity contribution in [1.82, 2.24) is 20.2 Å². The number of allylic oxidation sites excluding steroid dienone is 1. The topological polar surface area (TPSA) is 229 Å². The van der Waals surface area contributed by atoms with Crippen LogP contribution in [0.3, 0.4) is 0 Å². The number of β-lactam (4-membered cyclic amide) rings is 1. The molecule has 2 aromatic rings. The predicted molar refractivity (Wildman–Crippen MR) is 153 cm³/mol. The zero-order valence-corrected chi connectivity index (χ0v) is 24.6. The van der Waals surface area contributed by atoms with Crippen LogP contribution in [0.2, 0.25) is 5.15 Å². The molecule has 238 valence electrons. The first kappa shape index (κ1) is 33.2. The van der Waals surface area contributed by atoms with Crippen molar-refractivity contribution >= 4 is 80.9 Å². The highest BCUT2D eigenvalue weighted by molar-refractivity contribution is 8.00. The number of hydrogen-bond donors (Lipinski definition) is 5. The van der Waals surface area contributed by atoms with Gasteiger partial charge in [0.05, 0.1) is 5.69 Å². The molecule has 0 unspecified atom stereocenters. The molecule has 2 aromatic heterocycles. The van der Waals surface area contributed by atoms with Gasteiger partial charge in [0.2, 0.25) is 0 Å². The van der Waals surface area contributed by atoms with Gasteiger partial charge in [-0.3, -0.25) is 19.3 Å². The molecule has 0 radical (unpaired) electrons. The Hall–Kier alpha value is -4.69. The second-order valence-corrected chi connectivity index (χ2v) is 11.4. The summed E-state index contributed by atoms with van der Waals surface area (Å²) >= 11 is 8.40. The first-order valence-electron chi connectivity index (χ1n) is 12.2. The number of pyridine rings is 1. The second kappa shape index (κ2) is 13.1. The van der Waals surface area contributed by atoms with E-state index in [1.807, 2.05) is 0 Å². The van der Waals surface area contributed by atoms with Crippen LogP contribution in [0.4, 0.5) is 24.0 Å². The summed E-state index contributed by atoms with van der Waals surface area (Å²) in [6, 6.07) is 2.27. The van der Waals surface area contributed by atoms with Crippen LogP contribution < -0.4 is 16.0 Å². The molecule has 2 atom stereocenters. The average Bonchev–Trinajstić information content (AvgIpc) is 3.56. The molecule has 3 aliphatic heterocycles. The Kier molecular flexibility index (Phi) is 9.68. The number of carboxylic acid groups (broad SMARTS) is 2. The molecule has 0 saturated carbocycles. The van der Waals surface area contributed by atoms with Crippen molar-refractivity contribution in [2.24, 2.45) is 5.16 Å². The number of hydrogen-bond acceptors (Lipinski definition) is 12. The third-order valence-electron chi connectivity index (χ3n) is 6.31. The molecule has 45 heavy (non-hydrogen) atoms. The van der Waals surface area contributed by atoms with Gasteiger partial charge in [-0.2, -0.15) is 13.2 Å². The SMILES string of the molecule is Nc1nc(/C(=N/O)C(=O)N[C@@H]2C(=O)N3C(C(=O)O)=C(/C=C4\CCN(c5cccnc5Cl)C4=O)CS[C@H]23)cs1.O=C(O)C(F)(F)F. The summed E-state index contributed by atoms with van der Waals surface area (Å²) in [5.74, 6) is -5.77. The van der Waals surface area contributed by atoms with Gasteiger partial charge in [0.1, 0.15) is 22.8 Å². The number of thiazole rings is 1. The van der Waals surface area contributed by atoms with E-state index in [0.717, 1.165) is 16.2 Å². The van der Waals surface area contributed by atoms with Crippen molar-refractivity contribution in [3.8, 4) is 0 Å². The summed E-state index contributed by atoms with van der Waals surface area (Å²) in [5, 5.41) is 32.9. The van der Waals surface area contributed by atoms with Gasteiger partial charge in [0.25, 0.3) is 17.7 Å². The van der Waals surface area contributed by atoms with Crippen molar-refractivity contribution in [3.05, 3.63) is 57.5 Å². The second-order valence-electron chi connectivity index (χ2n) is 9.05. The molecule has 0 aromatic carbocycles. The molecule has 5 rings (SSSR count). The number of amides is 3. The van der Waals surface area contributed by atoms with Gasteiger partial charge in [-0.1, -0.05) is 16.8 Å². The molecule has 3 aliphatic rings. The van der Waals surface area contributed by atoms with Crippen molar-refractivity contribution in [3.63, 3.8) is 0 Å². The molecule has 2 fully saturated rings. The fraction of sp³-hybridized carbons (Fsp3) is 0.250. The lowest BCUT2D eigenvalue weighted by Gasteiger charge is -2.49. The van der Waals surface area contributed by atoms with Crippen LogP contribution in [0.25, 0.3) is 0 Å². The van der Waals surface area contributed by atoms with Crippen LogP contribution in [0, 0.1) is 0 Å². The number of fused-ring (bicyclic) bond motifs is 1. The summed E-state index contributed by atoms with van der Waals surface area (Å²) in [6.07, 6.45) is -1.72. The molecular weight excluding hydrogens is 671 g/mol. The summed E-state index contributed by atoms with van der Waals surface area (Å²) < 4.78 is 31.7. The minimum Gasteiger partial charge on any atom is -0.477 e. The number of alkyl halides is 3. The van der Waals surface area contributed by atoms with Crippen molar-refractivity contribution in [1.29, 1.82) is 0 Å². The molecule has 2 saturated heterocycles. The van der Waals surface area contributed by atoms with E-state index < -0.39 is 47.1 Å². The van der Waals surface area contributed by atoms with Gasteiger partial charge < -0.3 is 31.4 Å². The van der Waals surface area contributed by atoms with E-state index in [1.165, 1.54) is 34.3 Å². The molecule has 15 nitrogen and oxygen atoms in total. The van der Waals surface area contributed by atoms with Crippen LogP contribution in [-0.4, -0.2) is 95.5 Å². The number of anilines is 2. The summed E-state index contributed by atoms with van der Waals surface area (Å²) in [4.78, 5) is 70.2. The summed E-state index contributed by atoms with van der Waals surface area (Å²) in [5.41, 5.74) is 6.05. The lowest BCUT2D eigenvalue weighted by atomic mass is 10.0. The minimum atomic E-state index is -5.08. The maximum Gasteiger partial charge on any atom is 0.490 e. The van der Waals surface area contributed by atoms with Crippen molar-refractivity contribution < 1.29 is 52.6 Å². The zero-order chi connectivity index (χ0) is 33.2. The smallest absolute Gasteiger partial charge is 0.477 e. The lowest BCUT2D eigenvalue weighted by molar-refractivity contribution is -0.192. The van der Waals surface area contributed by atoms with E-state index in [-0.39, 0.29) is 33.3 Å². The molecule has 6 N–H and O–H groups in total. The number of rotatable bonds is 6. The Morgan fingerprint density at radius 1 is 1.24 bits per heavy atom. The molecular formula is C24H19ClF3N7O8S2. The lowest BCUT2D eigenvalue weighted by Crippen LogP contribution is -2.71. The van der Waals surface area contributed by atoms with Gasteiger partial charge in [-0.05, 0) is 30.2 Å². The first-order chi connectivity index (χ1) is 21.1. The van der Waals surface area contributed by atoms with Crippen LogP contribution in [0.5, 0.6) is 0 Å². The Morgan fingerprint density at radius 2 is 1.93 bits per heavy atom. The molecule has 3 amide bonds. The number of nitrogens with one attached hydrogen (secondary N) is 1. The number of oxime groups is 1. The minimum absolute atomic E-state index is 0.0373. The molecule has 5 heterocycles. The standard InChI is InChI=1S/C22H18ClN7O6S2.C2HF3O2/c23-16-12(2-1-4-25-16)29-5-3-9(18(29)32)6-10-7-37-20-14(19(33)30(20)15(10)21(34)35)27-17(31)13(28-36)11-8-38-22(24)26-11;3-2(4,5)1(6)7/h1-2,4,6,8,14,20,36H,3,5,7H2,(H2,24,26)(H,27,31)(H,34,35);(H,6,7)/b9-6+,28-13-;/t14-,20-;/m1./s1.